The Morgan fingerprint density at radius 2 is 1.77 bits per heavy atom. The summed E-state index contributed by atoms with van der Waals surface area (Å²) in [6, 6.07) is 11.0. The van der Waals surface area contributed by atoms with Crippen molar-refractivity contribution in [1.82, 2.24) is 4.90 Å². The molecule has 3 aromatic rings. The van der Waals surface area contributed by atoms with E-state index in [4.69, 9.17) is 13.9 Å². The summed E-state index contributed by atoms with van der Waals surface area (Å²) in [5, 5.41) is 2.95. The monoisotopic (exact) mass is 498 g/mol. The number of hydrogen-bond acceptors (Lipinski definition) is 7. The molecule has 0 radical (unpaired) electrons. The number of aryl methyl sites for hydroxylation is 1. The Balaban J connectivity index is 1.76. The third-order valence-corrected chi connectivity index (χ3v) is 6.41. The highest BCUT2D eigenvalue weighted by Crippen LogP contribution is 2.35. The lowest BCUT2D eigenvalue weighted by Crippen LogP contribution is -2.21. The van der Waals surface area contributed by atoms with Gasteiger partial charge >= 0.3 is 5.97 Å². The van der Waals surface area contributed by atoms with Gasteiger partial charge in [-0.05, 0) is 55.2 Å². The Labute approximate surface area is 208 Å². The van der Waals surface area contributed by atoms with Gasteiger partial charge in [-0.25, -0.2) is 4.79 Å². The maximum absolute atomic E-state index is 12.9. The second-order valence-corrected chi connectivity index (χ2v) is 9.12. The number of ether oxygens (including phenoxy) is 2. The number of carbonyl (C=O) groups is 3. The van der Waals surface area contributed by atoms with E-state index in [2.05, 4.69) is 12.2 Å². The van der Waals surface area contributed by atoms with E-state index in [1.807, 2.05) is 31.2 Å². The van der Waals surface area contributed by atoms with Crippen molar-refractivity contribution in [3.63, 3.8) is 0 Å². The number of rotatable bonds is 10. The number of amides is 2. The van der Waals surface area contributed by atoms with Crippen LogP contribution >= 0.6 is 11.3 Å². The molecule has 0 unspecified atom stereocenters. The number of thiophene rings is 1. The Morgan fingerprint density at radius 1 is 1.06 bits per heavy atom. The number of hydrogen-bond donors (Lipinski definition) is 1. The fraction of sp³-hybridized carbons (Fsp3) is 0.346. The number of benzene rings is 1. The molecule has 0 saturated carbocycles. The Hall–Kier alpha value is -3.59. The summed E-state index contributed by atoms with van der Waals surface area (Å²) in [4.78, 5) is 40.0. The summed E-state index contributed by atoms with van der Waals surface area (Å²) >= 11 is 1.03. The first kappa shape index (κ1) is 26.0. The number of carbonyl (C=O) groups excluding carboxylic acids is 3. The van der Waals surface area contributed by atoms with Gasteiger partial charge in [0, 0.05) is 14.1 Å². The number of furan rings is 1. The molecule has 0 spiro atoms. The molecule has 0 atom stereocenters. The average Bonchev–Trinajstić information content (AvgIpc) is 3.45. The minimum atomic E-state index is -0.587. The Kier molecular flexibility index (Phi) is 8.70. The van der Waals surface area contributed by atoms with Gasteiger partial charge in [0.05, 0.1) is 17.0 Å². The standard InChI is InChI=1S/C26H30N2O6S/c1-6-14-32-26(31)21-16(3)22(25(30)28(4)5)35-24(21)27-23(29)20-13-12-19(34-20)15-33-18-10-8-17(7-2)9-11-18/h8-13H,6-7,14-15H2,1-5H3,(H,27,29). The Morgan fingerprint density at radius 3 is 2.40 bits per heavy atom. The van der Waals surface area contributed by atoms with Gasteiger partial charge in [0.15, 0.2) is 5.76 Å². The van der Waals surface area contributed by atoms with E-state index in [0.717, 1.165) is 17.8 Å². The van der Waals surface area contributed by atoms with Crippen molar-refractivity contribution < 1.29 is 28.3 Å². The molecule has 2 amide bonds. The molecule has 8 nitrogen and oxygen atoms in total. The molecule has 2 heterocycles. The molecule has 0 saturated heterocycles. The van der Waals surface area contributed by atoms with Crippen LogP contribution in [0.5, 0.6) is 5.75 Å². The normalized spacial score (nSPS) is 10.7. The van der Waals surface area contributed by atoms with Gasteiger partial charge in [-0.15, -0.1) is 11.3 Å². The molecule has 186 valence electrons. The summed E-state index contributed by atoms with van der Waals surface area (Å²) in [7, 11) is 3.25. The van der Waals surface area contributed by atoms with Gasteiger partial charge in [0.25, 0.3) is 11.8 Å². The van der Waals surface area contributed by atoms with E-state index in [1.165, 1.54) is 16.5 Å². The zero-order chi connectivity index (χ0) is 25.5. The van der Waals surface area contributed by atoms with Crippen LogP contribution in [-0.4, -0.2) is 43.4 Å². The molecule has 1 aromatic carbocycles. The number of esters is 1. The molecule has 35 heavy (non-hydrogen) atoms. The van der Waals surface area contributed by atoms with Gasteiger partial charge in [-0.3, -0.25) is 9.59 Å². The fourth-order valence-corrected chi connectivity index (χ4v) is 4.45. The Bertz CT molecular complexity index is 1190. The van der Waals surface area contributed by atoms with Crippen LogP contribution in [0, 0.1) is 6.92 Å². The fourth-order valence-electron chi connectivity index (χ4n) is 3.24. The maximum Gasteiger partial charge on any atom is 0.341 e. The van der Waals surface area contributed by atoms with Crippen LogP contribution in [0.3, 0.4) is 0 Å². The molecule has 0 aliphatic heterocycles. The molecule has 2 aromatic heterocycles. The van der Waals surface area contributed by atoms with Gasteiger partial charge < -0.3 is 24.1 Å². The lowest BCUT2D eigenvalue weighted by molar-refractivity contribution is 0.0506. The zero-order valence-electron chi connectivity index (χ0n) is 20.6. The number of nitrogens with one attached hydrogen (secondary N) is 1. The van der Waals surface area contributed by atoms with Crippen molar-refractivity contribution in [1.29, 1.82) is 0 Å². The third-order valence-electron chi connectivity index (χ3n) is 5.21. The van der Waals surface area contributed by atoms with Crippen LogP contribution in [0.4, 0.5) is 5.00 Å². The van der Waals surface area contributed by atoms with E-state index in [0.29, 0.717) is 28.4 Å². The predicted octanol–water partition coefficient (Wildman–Crippen LogP) is 5.31. The summed E-state index contributed by atoms with van der Waals surface area (Å²) in [6.45, 7) is 6.03. The molecular weight excluding hydrogens is 468 g/mol. The molecule has 0 aliphatic rings. The molecule has 3 rings (SSSR count). The van der Waals surface area contributed by atoms with E-state index < -0.39 is 11.9 Å². The lowest BCUT2D eigenvalue weighted by atomic mass is 10.1. The van der Waals surface area contributed by atoms with Crippen LogP contribution in [0.15, 0.2) is 40.8 Å². The van der Waals surface area contributed by atoms with E-state index in [-0.39, 0.29) is 35.4 Å². The first-order chi connectivity index (χ1) is 16.7. The molecule has 1 N–H and O–H groups in total. The molecule has 9 heteroatoms. The minimum Gasteiger partial charge on any atom is -0.486 e. The third kappa shape index (κ3) is 6.30. The van der Waals surface area contributed by atoms with Crippen LogP contribution in [-0.2, 0) is 17.8 Å². The zero-order valence-corrected chi connectivity index (χ0v) is 21.4. The quantitative estimate of drug-likeness (QED) is 0.380. The van der Waals surface area contributed by atoms with Crippen LogP contribution < -0.4 is 10.1 Å². The van der Waals surface area contributed by atoms with Gasteiger partial charge in [0.1, 0.15) is 23.1 Å². The van der Waals surface area contributed by atoms with E-state index in [1.54, 1.807) is 27.1 Å². The van der Waals surface area contributed by atoms with Gasteiger partial charge in [-0.2, -0.15) is 0 Å². The smallest absolute Gasteiger partial charge is 0.341 e. The van der Waals surface area contributed by atoms with Crippen molar-refractivity contribution in [2.24, 2.45) is 0 Å². The highest BCUT2D eigenvalue weighted by Gasteiger charge is 2.28. The van der Waals surface area contributed by atoms with E-state index >= 15 is 0 Å². The van der Waals surface area contributed by atoms with Gasteiger partial charge in [-0.1, -0.05) is 26.0 Å². The lowest BCUT2D eigenvalue weighted by Gasteiger charge is -2.09. The summed E-state index contributed by atoms with van der Waals surface area (Å²) < 4.78 is 16.7. The van der Waals surface area contributed by atoms with Crippen LogP contribution in [0.1, 0.15) is 67.7 Å². The molecule has 0 bridgehead atoms. The molecule has 0 aliphatic carbocycles. The summed E-state index contributed by atoms with van der Waals surface area (Å²) in [6.07, 6.45) is 1.60. The van der Waals surface area contributed by atoms with Crippen LogP contribution in [0.2, 0.25) is 0 Å². The number of anilines is 1. The first-order valence-corrected chi connectivity index (χ1v) is 12.2. The second-order valence-electron chi connectivity index (χ2n) is 8.10. The minimum absolute atomic E-state index is 0.0596. The van der Waals surface area contributed by atoms with Crippen molar-refractivity contribution >= 4 is 34.1 Å². The van der Waals surface area contributed by atoms with Crippen molar-refractivity contribution in [3.05, 3.63) is 69.5 Å². The average molecular weight is 499 g/mol. The molecular formula is C26H30N2O6S. The first-order valence-electron chi connectivity index (χ1n) is 11.4. The maximum atomic E-state index is 12.9. The summed E-state index contributed by atoms with van der Waals surface area (Å²) in [5.41, 5.74) is 1.85. The van der Waals surface area contributed by atoms with E-state index in [9.17, 15) is 14.4 Å². The SMILES string of the molecule is CCCOC(=O)c1c(NC(=O)c2ccc(COc3ccc(CC)cc3)o2)sc(C(=O)N(C)C)c1C. The van der Waals surface area contributed by atoms with Gasteiger partial charge in [0.2, 0.25) is 0 Å². The van der Waals surface area contributed by atoms with Crippen molar-refractivity contribution in [2.75, 3.05) is 26.0 Å². The highest BCUT2D eigenvalue weighted by molar-refractivity contribution is 7.18. The largest absolute Gasteiger partial charge is 0.486 e. The topological polar surface area (TPSA) is 98.1 Å². The molecule has 0 fully saturated rings. The van der Waals surface area contributed by atoms with Crippen molar-refractivity contribution in [2.45, 2.75) is 40.2 Å². The second kappa shape index (κ2) is 11.7. The van der Waals surface area contributed by atoms with Crippen LogP contribution in [0.25, 0.3) is 0 Å². The summed E-state index contributed by atoms with van der Waals surface area (Å²) in [5.74, 6) is -0.157. The van der Waals surface area contributed by atoms with Crippen molar-refractivity contribution in [3.8, 4) is 5.75 Å². The highest BCUT2D eigenvalue weighted by atomic mass is 32.1. The predicted molar refractivity (Wildman–Crippen MR) is 134 cm³/mol. The number of nitrogens with zero attached hydrogens (tertiary/aromatic N) is 1.